The molecule has 1 saturated heterocycles. The minimum Gasteiger partial charge on any atom is -0.314 e. The molecule has 1 heterocycles. The molecular weight excluding hydrogens is 230 g/mol. The molecule has 2 unspecified atom stereocenters. The van der Waals surface area contributed by atoms with Gasteiger partial charge in [-0.3, -0.25) is 4.21 Å². The summed E-state index contributed by atoms with van der Waals surface area (Å²) >= 11 is 0. The molecule has 2 rings (SSSR count). The van der Waals surface area contributed by atoms with E-state index < -0.39 is 10.8 Å². The average Bonchev–Trinajstić information content (AvgIpc) is 2.56. The largest absolute Gasteiger partial charge is 0.314 e. The molecule has 1 N–H and O–H groups in total. The van der Waals surface area contributed by atoms with Gasteiger partial charge >= 0.3 is 0 Å². The van der Waals surface area contributed by atoms with Gasteiger partial charge in [-0.15, -0.1) is 0 Å². The summed E-state index contributed by atoms with van der Waals surface area (Å²) in [7, 11) is -0.560. The van der Waals surface area contributed by atoms with E-state index in [1.54, 1.807) is 0 Å². The highest BCUT2D eigenvalue weighted by molar-refractivity contribution is 7.84. The smallest absolute Gasteiger partial charge is 0.0249 e. The zero-order chi connectivity index (χ0) is 11.9. The number of hydrogen-bond donors (Lipinski definition) is 1. The average molecular weight is 251 g/mol. The van der Waals surface area contributed by atoms with Crippen molar-refractivity contribution in [2.45, 2.75) is 31.7 Å². The van der Waals surface area contributed by atoms with Crippen molar-refractivity contribution < 1.29 is 4.21 Å². The van der Waals surface area contributed by atoms with Gasteiger partial charge in [0.15, 0.2) is 0 Å². The first-order valence-electron chi connectivity index (χ1n) is 6.47. The molecule has 0 aromatic heterocycles. The van der Waals surface area contributed by atoms with Crippen LogP contribution >= 0.6 is 0 Å². The Labute approximate surface area is 106 Å². The zero-order valence-corrected chi connectivity index (χ0v) is 11.0. The van der Waals surface area contributed by atoms with E-state index in [0.717, 1.165) is 37.3 Å². The molecule has 1 aromatic rings. The van der Waals surface area contributed by atoms with E-state index in [9.17, 15) is 4.21 Å². The Morgan fingerprint density at radius 1 is 1.18 bits per heavy atom. The summed E-state index contributed by atoms with van der Waals surface area (Å²) in [4.78, 5) is 0. The number of benzene rings is 1. The summed E-state index contributed by atoms with van der Waals surface area (Å²) in [6.07, 6.45) is 4.44. The summed E-state index contributed by atoms with van der Waals surface area (Å²) in [5.41, 5.74) is 1.39. The molecule has 2 nitrogen and oxygen atoms in total. The number of nitrogens with one attached hydrogen (secondary N) is 1. The summed E-state index contributed by atoms with van der Waals surface area (Å²) in [5.74, 6) is 1.78. The van der Waals surface area contributed by atoms with Crippen LogP contribution in [0.25, 0.3) is 0 Å². The normalized spacial score (nSPS) is 25.4. The highest BCUT2D eigenvalue weighted by atomic mass is 32.2. The summed E-state index contributed by atoms with van der Waals surface area (Å²) in [6, 6.07) is 11.1. The fourth-order valence-electron chi connectivity index (χ4n) is 2.28. The van der Waals surface area contributed by atoms with Crippen LogP contribution in [-0.2, 0) is 17.2 Å². The standard InChI is InChI=1S/C14H21NOS/c16-17-11-4-7-14(9-12-17)15-10-8-13-5-2-1-3-6-13/h1-3,5-6,14-15H,4,7-12H2. The molecule has 3 heteroatoms. The molecule has 94 valence electrons. The first-order valence-corrected chi connectivity index (χ1v) is 7.96. The van der Waals surface area contributed by atoms with Crippen LogP contribution in [0.3, 0.4) is 0 Å². The molecule has 0 bridgehead atoms. The predicted molar refractivity (Wildman–Crippen MR) is 73.7 cm³/mol. The second-order valence-corrected chi connectivity index (χ2v) is 6.36. The maximum absolute atomic E-state index is 11.4. The molecule has 0 amide bonds. The summed E-state index contributed by atoms with van der Waals surface area (Å²) in [5, 5.41) is 3.60. The van der Waals surface area contributed by atoms with Crippen LogP contribution in [0.1, 0.15) is 24.8 Å². The van der Waals surface area contributed by atoms with E-state index in [4.69, 9.17) is 0 Å². The van der Waals surface area contributed by atoms with Gasteiger partial charge in [-0.05, 0) is 37.8 Å². The van der Waals surface area contributed by atoms with E-state index in [-0.39, 0.29) is 0 Å². The van der Waals surface area contributed by atoms with Crippen molar-refractivity contribution >= 4 is 10.8 Å². The monoisotopic (exact) mass is 251 g/mol. The Morgan fingerprint density at radius 3 is 2.82 bits per heavy atom. The van der Waals surface area contributed by atoms with Gasteiger partial charge in [0.05, 0.1) is 0 Å². The highest BCUT2D eigenvalue weighted by Crippen LogP contribution is 2.10. The first kappa shape index (κ1) is 12.8. The predicted octanol–water partition coefficient (Wildman–Crippen LogP) is 2.12. The van der Waals surface area contributed by atoms with Crippen molar-refractivity contribution in [3.63, 3.8) is 0 Å². The topological polar surface area (TPSA) is 29.1 Å². The van der Waals surface area contributed by atoms with Gasteiger partial charge in [-0.1, -0.05) is 30.3 Å². The van der Waals surface area contributed by atoms with E-state index in [1.165, 1.54) is 12.0 Å². The van der Waals surface area contributed by atoms with Crippen LogP contribution in [0, 0.1) is 0 Å². The molecule has 1 fully saturated rings. The lowest BCUT2D eigenvalue weighted by Crippen LogP contribution is -2.31. The maximum atomic E-state index is 11.4. The molecular formula is C14H21NOS. The highest BCUT2D eigenvalue weighted by Gasteiger charge is 2.14. The fraction of sp³-hybridized carbons (Fsp3) is 0.571. The third-order valence-corrected chi connectivity index (χ3v) is 4.74. The van der Waals surface area contributed by atoms with Crippen molar-refractivity contribution in [3.05, 3.63) is 35.9 Å². The Morgan fingerprint density at radius 2 is 2.00 bits per heavy atom. The minimum atomic E-state index is -0.560. The lowest BCUT2D eigenvalue weighted by molar-refractivity contribution is 0.475. The molecule has 0 aliphatic carbocycles. The maximum Gasteiger partial charge on any atom is 0.0249 e. The van der Waals surface area contributed by atoms with Gasteiger partial charge in [-0.25, -0.2) is 0 Å². The number of hydrogen-bond acceptors (Lipinski definition) is 2. The number of rotatable bonds is 4. The van der Waals surface area contributed by atoms with E-state index in [2.05, 4.69) is 35.6 Å². The van der Waals surface area contributed by atoms with Crippen molar-refractivity contribution in [1.29, 1.82) is 0 Å². The second-order valence-electron chi connectivity index (χ2n) is 4.67. The van der Waals surface area contributed by atoms with Crippen molar-refractivity contribution in [3.8, 4) is 0 Å². The molecule has 1 aliphatic rings. The third kappa shape index (κ3) is 4.60. The van der Waals surface area contributed by atoms with Gasteiger partial charge in [0.25, 0.3) is 0 Å². The quantitative estimate of drug-likeness (QED) is 0.888. The second kappa shape index (κ2) is 6.92. The van der Waals surface area contributed by atoms with Crippen molar-refractivity contribution in [1.82, 2.24) is 5.32 Å². The van der Waals surface area contributed by atoms with Crippen molar-refractivity contribution in [2.75, 3.05) is 18.1 Å². The van der Waals surface area contributed by atoms with E-state index in [0.29, 0.717) is 6.04 Å². The molecule has 1 aromatic carbocycles. The molecule has 2 atom stereocenters. The van der Waals surface area contributed by atoms with E-state index >= 15 is 0 Å². The Hall–Kier alpha value is -0.670. The minimum absolute atomic E-state index is 0.560. The summed E-state index contributed by atoms with van der Waals surface area (Å²) < 4.78 is 11.4. The van der Waals surface area contributed by atoms with Crippen molar-refractivity contribution in [2.24, 2.45) is 0 Å². The van der Waals surface area contributed by atoms with Crippen LogP contribution in [0.15, 0.2) is 30.3 Å². The van der Waals surface area contributed by atoms with Crippen LogP contribution in [0.2, 0.25) is 0 Å². The molecule has 0 spiro atoms. The van der Waals surface area contributed by atoms with Crippen LogP contribution in [0.5, 0.6) is 0 Å². The van der Waals surface area contributed by atoms with Gasteiger partial charge in [0.2, 0.25) is 0 Å². The van der Waals surface area contributed by atoms with Crippen LogP contribution in [-0.4, -0.2) is 28.3 Å². The molecule has 0 saturated carbocycles. The van der Waals surface area contributed by atoms with Gasteiger partial charge in [-0.2, -0.15) is 0 Å². The lowest BCUT2D eigenvalue weighted by atomic mass is 10.1. The molecule has 0 radical (unpaired) electrons. The Kier molecular flexibility index (Phi) is 5.20. The van der Waals surface area contributed by atoms with Crippen LogP contribution < -0.4 is 5.32 Å². The molecule has 1 aliphatic heterocycles. The Balaban J connectivity index is 1.69. The van der Waals surface area contributed by atoms with E-state index in [1.807, 2.05) is 0 Å². The van der Waals surface area contributed by atoms with Crippen LogP contribution in [0.4, 0.5) is 0 Å². The zero-order valence-electron chi connectivity index (χ0n) is 10.2. The third-order valence-electron chi connectivity index (χ3n) is 3.31. The fourth-order valence-corrected chi connectivity index (χ4v) is 3.52. The first-order chi connectivity index (χ1) is 8.34. The van der Waals surface area contributed by atoms with Gasteiger partial charge in [0.1, 0.15) is 0 Å². The molecule has 17 heavy (non-hydrogen) atoms. The lowest BCUT2D eigenvalue weighted by Gasteiger charge is -2.15. The van der Waals surface area contributed by atoms with Gasteiger partial charge < -0.3 is 5.32 Å². The summed E-state index contributed by atoms with van der Waals surface area (Å²) in [6.45, 7) is 1.03. The van der Waals surface area contributed by atoms with Gasteiger partial charge in [0, 0.05) is 28.3 Å². The Bertz CT molecular complexity index is 352. The SMILES string of the molecule is O=S1CCCC(NCCc2ccccc2)CC1.